The van der Waals surface area contributed by atoms with Crippen LogP contribution >= 0.6 is 0 Å². The van der Waals surface area contributed by atoms with E-state index in [1.165, 1.54) is 4.80 Å². The number of hydrogen-bond acceptors (Lipinski definition) is 6. The summed E-state index contributed by atoms with van der Waals surface area (Å²) in [6, 6.07) is 0. The molecule has 0 amide bonds. The summed E-state index contributed by atoms with van der Waals surface area (Å²) in [6.45, 7) is 1.71. The lowest BCUT2D eigenvalue weighted by Gasteiger charge is -2.46. The van der Waals surface area contributed by atoms with Gasteiger partial charge in [0.05, 0.1) is 18.6 Å². The van der Waals surface area contributed by atoms with E-state index in [0.29, 0.717) is 23.8 Å². The van der Waals surface area contributed by atoms with E-state index in [2.05, 4.69) is 20.7 Å². The van der Waals surface area contributed by atoms with Crippen LogP contribution in [0, 0.1) is 11.3 Å². The Hall–Kier alpha value is -1.02. The molecule has 2 saturated heterocycles. The fourth-order valence-corrected chi connectivity index (χ4v) is 4.93. The molecule has 0 radical (unpaired) electrons. The maximum absolute atomic E-state index is 11.6. The maximum atomic E-state index is 11.6. The van der Waals surface area contributed by atoms with E-state index >= 15 is 0 Å². The van der Waals surface area contributed by atoms with Crippen molar-refractivity contribution in [1.29, 1.82) is 0 Å². The van der Waals surface area contributed by atoms with E-state index < -0.39 is 9.84 Å². The van der Waals surface area contributed by atoms with Crippen LogP contribution in [0.25, 0.3) is 0 Å². The average molecular weight is 271 g/mol. The third-order valence-corrected chi connectivity index (χ3v) is 5.88. The molecule has 1 unspecified atom stereocenters. The van der Waals surface area contributed by atoms with Crippen LogP contribution in [0.2, 0.25) is 0 Å². The Kier molecular flexibility index (Phi) is 2.67. The van der Waals surface area contributed by atoms with Crippen molar-refractivity contribution in [2.45, 2.75) is 12.8 Å². The summed E-state index contributed by atoms with van der Waals surface area (Å²) >= 11 is 0. The molecule has 18 heavy (non-hydrogen) atoms. The summed E-state index contributed by atoms with van der Waals surface area (Å²) in [7, 11) is -1.09. The SMILES string of the molecule is Cn1nnc(CC2(C3CCS(=O)(=O)C3)CNC2)n1. The monoisotopic (exact) mass is 271 g/mol. The highest BCUT2D eigenvalue weighted by Crippen LogP contribution is 2.41. The van der Waals surface area contributed by atoms with E-state index in [4.69, 9.17) is 0 Å². The molecule has 1 aromatic rings. The minimum Gasteiger partial charge on any atom is -0.315 e. The summed E-state index contributed by atoms with van der Waals surface area (Å²) in [5.74, 6) is 1.58. The Morgan fingerprint density at radius 1 is 1.50 bits per heavy atom. The van der Waals surface area contributed by atoms with Crippen molar-refractivity contribution in [1.82, 2.24) is 25.5 Å². The summed E-state index contributed by atoms with van der Waals surface area (Å²) in [5.41, 5.74) is 0.00655. The van der Waals surface area contributed by atoms with Crippen LogP contribution in [-0.4, -0.2) is 53.2 Å². The predicted octanol–water partition coefficient (Wildman–Crippen LogP) is -1.22. The fourth-order valence-electron chi connectivity index (χ4n) is 2.99. The topological polar surface area (TPSA) is 89.8 Å². The highest BCUT2D eigenvalue weighted by molar-refractivity contribution is 7.91. The van der Waals surface area contributed by atoms with Gasteiger partial charge in [0.1, 0.15) is 0 Å². The minimum absolute atomic E-state index is 0.00655. The van der Waals surface area contributed by atoms with Gasteiger partial charge in [0, 0.05) is 24.9 Å². The fraction of sp³-hybridized carbons (Fsp3) is 0.900. The van der Waals surface area contributed by atoms with Crippen LogP contribution in [0.1, 0.15) is 12.2 Å². The quantitative estimate of drug-likeness (QED) is 0.741. The first-order valence-corrected chi connectivity index (χ1v) is 7.95. The van der Waals surface area contributed by atoms with Crippen LogP contribution in [0.5, 0.6) is 0 Å². The number of rotatable bonds is 3. The average Bonchev–Trinajstić information content (AvgIpc) is 2.79. The molecule has 0 saturated carbocycles. The molecule has 2 fully saturated rings. The molecule has 8 heteroatoms. The van der Waals surface area contributed by atoms with E-state index in [1.54, 1.807) is 7.05 Å². The number of nitrogens with zero attached hydrogens (tertiary/aromatic N) is 4. The lowest BCUT2D eigenvalue weighted by molar-refractivity contribution is 0.0897. The van der Waals surface area contributed by atoms with Crippen LogP contribution in [-0.2, 0) is 23.3 Å². The first kappa shape index (κ1) is 12.0. The van der Waals surface area contributed by atoms with E-state index in [-0.39, 0.29) is 11.3 Å². The standard InChI is InChI=1S/C10H17N5O2S/c1-15-13-9(12-14-15)4-10(6-11-7-10)8-2-3-18(16,17)5-8/h8,11H,2-7H2,1H3. The molecule has 1 atom stereocenters. The number of aryl methyl sites for hydroxylation is 1. The van der Waals surface area contributed by atoms with E-state index in [1.807, 2.05) is 0 Å². The van der Waals surface area contributed by atoms with Gasteiger partial charge in [0.25, 0.3) is 0 Å². The van der Waals surface area contributed by atoms with Crippen LogP contribution in [0.4, 0.5) is 0 Å². The van der Waals surface area contributed by atoms with Crippen LogP contribution in [0.3, 0.4) is 0 Å². The van der Waals surface area contributed by atoms with E-state index in [9.17, 15) is 8.42 Å². The third kappa shape index (κ3) is 2.03. The number of hydrogen-bond donors (Lipinski definition) is 1. The summed E-state index contributed by atoms with van der Waals surface area (Å²) < 4.78 is 23.2. The second-order valence-corrected chi connectivity index (χ2v) is 7.67. The van der Waals surface area contributed by atoms with Crippen LogP contribution in [0.15, 0.2) is 0 Å². The van der Waals surface area contributed by atoms with Crippen molar-refractivity contribution in [3.63, 3.8) is 0 Å². The Morgan fingerprint density at radius 2 is 2.28 bits per heavy atom. The van der Waals surface area contributed by atoms with Crippen molar-refractivity contribution >= 4 is 9.84 Å². The molecule has 2 aliphatic rings. The first-order valence-electron chi connectivity index (χ1n) is 6.13. The molecule has 1 aromatic heterocycles. The van der Waals surface area contributed by atoms with Crippen molar-refractivity contribution in [2.75, 3.05) is 24.6 Å². The molecular weight excluding hydrogens is 254 g/mol. The molecule has 3 heterocycles. The Labute approximate surface area is 106 Å². The second kappa shape index (κ2) is 3.99. The number of sulfone groups is 1. The Balaban J connectivity index is 1.78. The van der Waals surface area contributed by atoms with Gasteiger partial charge in [-0.1, -0.05) is 0 Å². The molecular formula is C10H17N5O2S. The van der Waals surface area contributed by atoms with Gasteiger partial charge in [-0.15, -0.1) is 10.2 Å². The summed E-state index contributed by atoms with van der Waals surface area (Å²) in [4.78, 5) is 1.44. The summed E-state index contributed by atoms with van der Waals surface area (Å²) in [5, 5.41) is 15.3. The zero-order valence-corrected chi connectivity index (χ0v) is 11.2. The Morgan fingerprint density at radius 3 is 2.72 bits per heavy atom. The van der Waals surface area contributed by atoms with Crippen molar-refractivity contribution in [3.05, 3.63) is 5.82 Å². The normalized spacial score (nSPS) is 29.1. The molecule has 1 N–H and O–H groups in total. The summed E-state index contributed by atoms with van der Waals surface area (Å²) in [6.07, 6.45) is 1.48. The van der Waals surface area contributed by atoms with Gasteiger partial charge >= 0.3 is 0 Å². The van der Waals surface area contributed by atoms with E-state index in [0.717, 1.165) is 19.5 Å². The lowest BCUT2D eigenvalue weighted by atomic mass is 9.68. The second-order valence-electron chi connectivity index (χ2n) is 5.44. The van der Waals surface area contributed by atoms with Gasteiger partial charge in [0.2, 0.25) is 0 Å². The minimum atomic E-state index is -2.83. The predicted molar refractivity (Wildman–Crippen MR) is 64.6 cm³/mol. The smallest absolute Gasteiger partial charge is 0.175 e. The third-order valence-electron chi connectivity index (χ3n) is 4.11. The molecule has 2 aliphatic heterocycles. The van der Waals surface area contributed by atoms with Crippen LogP contribution < -0.4 is 5.32 Å². The van der Waals surface area contributed by atoms with Crippen molar-refractivity contribution < 1.29 is 8.42 Å². The van der Waals surface area contributed by atoms with Gasteiger partial charge in [-0.25, -0.2) is 8.42 Å². The number of aromatic nitrogens is 4. The highest BCUT2D eigenvalue weighted by atomic mass is 32.2. The number of nitrogens with one attached hydrogen (secondary N) is 1. The largest absolute Gasteiger partial charge is 0.315 e. The van der Waals surface area contributed by atoms with Gasteiger partial charge < -0.3 is 5.32 Å². The van der Waals surface area contributed by atoms with Crippen molar-refractivity contribution in [3.8, 4) is 0 Å². The highest BCUT2D eigenvalue weighted by Gasteiger charge is 2.49. The zero-order valence-electron chi connectivity index (χ0n) is 10.3. The lowest BCUT2D eigenvalue weighted by Crippen LogP contribution is -2.59. The maximum Gasteiger partial charge on any atom is 0.175 e. The van der Waals surface area contributed by atoms with Gasteiger partial charge in [-0.3, -0.25) is 0 Å². The molecule has 3 rings (SSSR count). The molecule has 0 aliphatic carbocycles. The molecule has 100 valence electrons. The molecule has 0 spiro atoms. The van der Waals surface area contributed by atoms with Crippen molar-refractivity contribution in [2.24, 2.45) is 18.4 Å². The first-order chi connectivity index (χ1) is 8.49. The van der Waals surface area contributed by atoms with Gasteiger partial charge in [-0.05, 0) is 17.6 Å². The molecule has 7 nitrogen and oxygen atoms in total. The molecule has 0 aromatic carbocycles. The number of tetrazole rings is 1. The molecule has 0 bridgehead atoms. The van der Waals surface area contributed by atoms with Gasteiger partial charge in [-0.2, -0.15) is 4.80 Å². The Bertz CT molecular complexity index is 548. The van der Waals surface area contributed by atoms with Gasteiger partial charge in [0.15, 0.2) is 15.7 Å². The zero-order chi connectivity index (χ0) is 12.8.